The fourth-order valence-corrected chi connectivity index (χ4v) is 4.18. The quantitative estimate of drug-likeness (QED) is 0.697. The summed E-state index contributed by atoms with van der Waals surface area (Å²) < 4.78 is 5.33. The van der Waals surface area contributed by atoms with Gasteiger partial charge in [0.15, 0.2) is 5.89 Å². The molecule has 3 aromatic rings. The third kappa shape index (κ3) is 4.54. The molecule has 150 valence electrons. The van der Waals surface area contributed by atoms with Crippen molar-refractivity contribution in [3.05, 3.63) is 58.6 Å². The number of hydrogen-bond acceptors (Lipinski definition) is 6. The van der Waals surface area contributed by atoms with Crippen LogP contribution < -0.4 is 5.32 Å². The van der Waals surface area contributed by atoms with Gasteiger partial charge in [0, 0.05) is 31.0 Å². The Morgan fingerprint density at radius 1 is 1.31 bits per heavy atom. The second kappa shape index (κ2) is 8.57. The summed E-state index contributed by atoms with van der Waals surface area (Å²) in [7, 11) is 0. The average molecular weight is 410 g/mol. The number of carbonyl (C=O) groups excluding carboxylic acids is 2. The smallest absolute Gasteiger partial charge is 0.291 e. The summed E-state index contributed by atoms with van der Waals surface area (Å²) in [6.45, 7) is 3.10. The summed E-state index contributed by atoms with van der Waals surface area (Å²) in [5.74, 6) is 0.186. The van der Waals surface area contributed by atoms with Gasteiger partial charge in [0.1, 0.15) is 5.01 Å². The van der Waals surface area contributed by atoms with Crippen molar-refractivity contribution >= 4 is 23.2 Å². The van der Waals surface area contributed by atoms with Gasteiger partial charge in [0.2, 0.25) is 11.7 Å². The molecule has 0 saturated carbocycles. The van der Waals surface area contributed by atoms with E-state index in [1.54, 1.807) is 11.8 Å². The van der Waals surface area contributed by atoms with Crippen molar-refractivity contribution in [1.82, 2.24) is 20.2 Å². The molecule has 0 unspecified atom stereocenters. The van der Waals surface area contributed by atoms with Gasteiger partial charge in [-0.2, -0.15) is 0 Å². The highest BCUT2D eigenvalue weighted by molar-refractivity contribution is 7.09. The molecule has 0 radical (unpaired) electrons. The van der Waals surface area contributed by atoms with Crippen molar-refractivity contribution in [3.8, 4) is 11.3 Å². The summed E-state index contributed by atoms with van der Waals surface area (Å²) in [5, 5.41) is 5.83. The molecule has 0 spiro atoms. The van der Waals surface area contributed by atoms with Gasteiger partial charge in [-0.05, 0) is 12.8 Å². The molecule has 1 N–H and O–H groups in total. The number of carbonyl (C=O) groups is 2. The van der Waals surface area contributed by atoms with E-state index < -0.39 is 0 Å². The lowest BCUT2D eigenvalue weighted by molar-refractivity contribution is -0.126. The van der Waals surface area contributed by atoms with Crippen LogP contribution >= 0.6 is 11.3 Å². The molecule has 1 aliphatic heterocycles. The summed E-state index contributed by atoms with van der Waals surface area (Å²) in [6.07, 6.45) is 2.98. The average Bonchev–Trinajstić information content (AvgIpc) is 3.41. The predicted molar refractivity (Wildman–Crippen MR) is 109 cm³/mol. The van der Waals surface area contributed by atoms with Crippen LogP contribution in [0.5, 0.6) is 0 Å². The van der Waals surface area contributed by atoms with Gasteiger partial charge in [-0.25, -0.2) is 9.97 Å². The Balaban J connectivity index is 1.33. The van der Waals surface area contributed by atoms with Gasteiger partial charge < -0.3 is 14.6 Å². The molecular weight excluding hydrogens is 388 g/mol. The Labute approximate surface area is 172 Å². The van der Waals surface area contributed by atoms with Gasteiger partial charge in [-0.3, -0.25) is 9.59 Å². The normalized spacial score (nSPS) is 16.6. The number of rotatable bonds is 5. The number of piperidine rings is 1. The van der Waals surface area contributed by atoms with Crippen LogP contribution in [-0.2, 0) is 11.3 Å². The second-order valence-electron chi connectivity index (χ2n) is 7.04. The molecule has 8 heteroatoms. The lowest BCUT2D eigenvalue weighted by Crippen LogP contribution is -2.45. The number of amides is 2. The molecule has 0 bridgehead atoms. The second-order valence-corrected chi connectivity index (χ2v) is 7.99. The summed E-state index contributed by atoms with van der Waals surface area (Å²) >= 11 is 1.53. The number of benzene rings is 1. The van der Waals surface area contributed by atoms with E-state index in [0.29, 0.717) is 25.5 Å². The van der Waals surface area contributed by atoms with Crippen LogP contribution in [-0.4, -0.2) is 39.8 Å². The van der Waals surface area contributed by atoms with E-state index in [4.69, 9.17) is 4.42 Å². The third-order valence-corrected chi connectivity index (χ3v) is 5.80. The van der Waals surface area contributed by atoms with Crippen molar-refractivity contribution in [2.45, 2.75) is 26.3 Å². The maximum Gasteiger partial charge on any atom is 0.291 e. The largest absolute Gasteiger partial charge is 0.436 e. The van der Waals surface area contributed by atoms with Crippen LogP contribution in [0.1, 0.15) is 34.3 Å². The van der Waals surface area contributed by atoms with Crippen LogP contribution in [0.25, 0.3) is 11.3 Å². The van der Waals surface area contributed by atoms with Crippen molar-refractivity contribution in [2.75, 3.05) is 13.1 Å². The highest BCUT2D eigenvalue weighted by Crippen LogP contribution is 2.22. The number of oxazole rings is 1. The topological polar surface area (TPSA) is 88.3 Å². The first-order valence-electron chi connectivity index (χ1n) is 9.59. The highest BCUT2D eigenvalue weighted by atomic mass is 32.1. The number of nitrogens with zero attached hydrogens (tertiary/aromatic N) is 3. The zero-order valence-electron chi connectivity index (χ0n) is 16.1. The van der Waals surface area contributed by atoms with Crippen LogP contribution in [0.3, 0.4) is 0 Å². The highest BCUT2D eigenvalue weighted by Gasteiger charge is 2.30. The monoisotopic (exact) mass is 410 g/mol. The van der Waals surface area contributed by atoms with Gasteiger partial charge in [0.25, 0.3) is 5.91 Å². The van der Waals surface area contributed by atoms with E-state index in [9.17, 15) is 9.59 Å². The Morgan fingerprint density at radius 3 is 2.90 bits per heavy atom. The Hall–Kier alpha value is -3.00. The Bertz CT molecular complexity index is 998. The fourth-order valence-electron chi connectivity index (χ4n) is 3.43. The molecule has 4 rings (SSSR count). The Kier molecular flexibility index (Phi) is 5.71. The van der Waals surface area contributed by atoms with Crippen molar-refractivity contribution < 1.29 is 14.0 Å². The molecule has 7 nitrogen and oxygen atoms in total. The molecule has 1 atom stereocenters. The minimum atomic E-state index is -0.231. The number of likely N-dealkylation sites (tertiary alicyclic amines) is 1. The number of nitrogens with one attached hydrogen (secondary N) is 1. The van der Waals surface area contributed by atoms with E-state index >= 15 is 0 Å². The zero-order chi connectivity index (χ0) is 20.2. The van der Waals surface area contributed by atoms with Crippen LogP contribution in [0.2, 0.25) is 0 Å². The van der Waals surface area contributed by atoms with Gasteiger partial charge in [0.05, 0.1) is 24.4 Å². The molecule has 1 aliphatic rings. The number of thiazole rings is 1. The van der Waals surface area contributed by atoms with Crippen molar-refractivity contribution in [1.29, 1.82) is 0 Å². The Morgan fingerprint density at radius 2 is 2.14 bits per heavy atom. The first-order chi connectivity index (χ1) is 14.1. The lowest BCUT2D eigenvalue weighted by atomic mass is 9.97. The summed E-state index contributed by atoms with van der Waals surface area (Å²) in [5.41, 5.74) is 1.97. The SMILES string of the molecule is Cc1ncc(C(=O)N2CCC[C@H](C(=O)NCc3nc(-c4ccccc4)cs3)C2)o1. The molecular formula is C21H22N4O3S. The fraction of sp³-hybridized carbons (Fsp3) is 0.333. The molecule has 3 heterocycles. The first kappa shape index (κ1) is 19.3. The van der Waals surface area contributed by atoms with E-state index in [-0.39, 0.29) is 23.5 Å². The summed E-state index contributed by atoms with van der Waals surface area (Å²) in [4.78, 5) is 35.4. The number of aromatic nitrogens is 2. The molecule has 0 aliphatic carbocycles. The standard InChI is InChI=1S/C21H22N4O3S/c1-14-22-10-18(28-14)21(27)25-9-5-8-16(12-25)20(26)23-11-19-24-17(13-29-19)15-6-3-2-4-7-15/h2-4,6-7,10,13,16H,5,8-9,11-12H2,1H3,(H,23,26)/t16-/m0/s1. The van der Waals surface area contributed by atoms with E-state index in [2.05, 4.69) is 15.3 Å². The molecule has 1 aromatic carbocycles. The number of aryl methyl sites for hydroxylation is 1. The minimum absolute atomic E-state index is 0.0484. The molecule has 2 aromatic heterocycles. The van der Waals surface area contributed by atoms with Crippen LogP contribution in [0.15, 0.2) is 46.3 Å². The van der Waals surface area contributed by atoms with Crippen molar-refractivity contribution in [2.24, 2.45) is 5.92 Å². The van der Waals surface area contributed by atoms with Gasteiger partial charge in [-0.15, -0.1) is 11.3 Å². The third-order valence-electron chi connectivity index (χ3n) is 4.95. The molecule has 1 fully saturated rings. The van der Waals surface area contributed by atoms with Gasteiger partial charge >= 0.3 is 0 Å². The van der Waals surface area contributed by atoms with E-state index in [1.165, 1.54) is 17.5 Å². The minimum Gasteiger partial charge on any atom is -0.436 e. The van der Waals surface area contributed by atoms with E-state index in [1.807, 2.05) is 35.7 Å². The van der Waals surface area contributed by atoms with Crippen molar-refractivity contribution in [3.63, 3.8) is 0 Å². The first-order valence-corrected chi connectivity index (χ1v) is 10.5. The van der Waals surface area contributed by atoms with E-state index in [0.717, 1.165) is 29.1 Å². The maximum absolute atomic E-state index is 12.6. The molecule has 1 saturated heterocycles. The predicted octanol–water partition coefficient (Wildman–Crippen LogP) is 3.28. The van der Waals surface area contributed by atoms with Crippen LogP contribution in [0.4, 0.5) is 0 Å². The van der Waals surface area contributed by atoms with Gasteiger partial charge in [-0.1, -0.05) is 30.3 Å². The van der Waals surface area contributed by atoms with Crippen LogP contribution in [0, 0.1) is 12.8 Å². The lowest BCUT2D eigenvalue weighted by Gasteiger charge is -2.31. The number of hydrogen-bond donors (Lipinski definition) is 1. The maximum atomic E-state index is 12.6. The summed E-state index contributed by atoms with van der Waals surface area (Å²) in [6, 6.07) is 9.96. The molecule has 29 heavy (non-hydrogen) atoms. The zero-order valence-corrected chi connectivity index (χ0v) is 16.9. The molecule has 2 amide bonds.